The first-order chi connectivity index (χ1) is 31.3. The first-order valence-corrected chi connectivity index (χ1v) is 28.3. The van der Waals surface area contributed by atoms with E-state index in [0.717, 1.165) is 38.5 Å². The van der Waals surface area contributed by atoms with E-state index in [0.29, 0.717) is 19.3 Å². The van der Waals surface area contributed by atoms with Gasteiger partial charge in [-0.3, -0.25) is 14.4 Å². The average Bonchev–Trinajstić information content (AvgIpc) is 3.24. The Morgan fingerprint density at radius 2 is 0.431 bits per heavy atom. The van der Waals surface area contributed by atoms with Crippen molar-refractivity contribution in [2.24, 2.45) is 0 Å². The number of carboxylic acids is 3. The molecule has 386 valence electrons. The number of rotatable bonds is 45. The molecule has 65 heavy (non-hydrogen) atoms. The van der Waals surface area contributed by atoms with E-state index in [1.54, 1.807) is 0 Å². The summed E-state index contributed by atoms with van der Waals surface area (Å²) in [6, 6.07) is 0. The molecule has 6 N–H and O–H groups in total. The maximum atomic E-state index is 10.3. The van der Waals surface area contributed by atoms with E-state index < -0.39 is 25.7 Å². The largest absolute Gasteiger partial charge is 0.481 e. The second-order valence-electron chi connectivity index (χ2n) is 17.7. The quantitative estimate of drug-likeness (QED) is 0.0195. The van der Waals surface area contributed by atoms with E-state index >= 15 is 0 Å². The molecule has 0 saturated carbocycles. The normalized spacial score (nSPS) is 11.3. The Kier molecular flexibility index (Phi) is 65.8. The zero-order chi connectivity index (χ0) is 49.2. The summed E-state index contributed by atoms with van der Waals surface area (Å²) >= 11 is 0. The monoisotopic (exact) mass is 945 g/mol. The molecule has 0 aromatic heterocycles. The van der Waals surface area contributed by atoms with Crippen LogP contribution in [0.25, 0.3) is 0 Å². The van der Waals surface area contributed by atoms with Crippen molar-refractivity contribution in [2.75, 3.05) is 0 Å². The Bertz CT molecular complexity index is 974. The van der Waals surface area contributed by atoms with E-state index in [9.17, 15) is 14.4 Å². The minimum absolute atomic E-state index is 0.332. The highest BCUT2D eigenvalue weighted by molar-refractivity contribution is 7.45. The SMILES string of the molecule is CCCCCCCC/C=C\CCCCCCCC(=O)O.CCCCCCCC/C=C\CCCCCCCC(=O)O.CCCCCCCC/C=C\CCCCCCCC(=O)O.O=P(O)(O)O. The molecule has 0 bridgehead atoms. The fraction of sp³-hybridized carbons (Fsp3) is 0.833. The minimum Gasteiger partial charge on any atom is -0.481 e. The van der Waals surface area contributed by atoms with E-state index in [2.05, 4.69) is 57.2 Å². The van der Waals surface area contributed by atoms with Crippen molar-refractivity contribution in [2.45, 2.75) is 290 Å². The molecular formula is C54H105O10P. The third-order valence-corrected chi connectivity index (χ3v) is 11.0. The van der Waals surface area contributed by atoms with Gasteiger partial charge >= 0.3 is 25.7 Å². The summed E-state index contributed by atoms with van der Waals surface area (Å²) in [5, 5.41) is 25.5. The first-order valence-electron chi connectivity index (χ1n) is 26.7. The molecular weight excluding hydrogens is 840 g/mol. The fourth-order valence-corrected chi connectivity index (χ4v) is 7.04. The Morgan fingerprint density at radius 3 is 0.585 bits per heavy atom. The Balaban J connectivity index is -0.000000407. The van der Waals surface area contributed by atoms with Gasteiger partial charge in [-0.2, -0.15) is 0 Å². The van der Waals surface area contributed by atoms with Crippen LogP contribution in [0.2, 0.25) is 0 Å². The number of phosphoric acid groups is 1. The van der Waals surface area contributed by atoms with Crippen LogP contribution in [0, 0.1) is 0 Å². The molecule has 0 aromatic carbocycles. The lowest BCUT2D eigenvalue weighted by atomic mass is 10.1. The van der Waals surface area contributed by atoms with Crippen molar-refractivity contribution in [1.82, 2.24) is 0 Å². The molecule has 0 aliphatic heterocycles. The zero-order valence-electron chi connectivity index (χ0n) is 42.4. The molecule has 0 aliphatic rings. The molecule has 0 fully saturated rings. The van der Waals surface area contributed by atoms with Crippen molar-refractivity contribution in [1.29, 1.82) is 0 Å². The number of allylic oxidation sites excluding steroid dienone is 6. The van der Waals surface area contributed by atoms with E-state index in [1.807, 2.05) is 0 Å². The molecule has 0 aromatic rings. The first kappa shape index (κ1) is 69.3. The van der Waals surface area contributed by atoms with Crippen LogP contribution in [0.1, 0.15) is 290 Å². The van der Waals surface area contributed by atoms with E-state index in [1.165, 1.54) is 212 Å². The second-order valence-corrected chi connectivity index (χ2v) is 18.7. The van der Waals surface area contributed by atoms with Gasteiger partial charge in [-0.25, -0.2) is 4.57 Å². The van der Waals surface area contributed by atoms with Crippen LogP contribution in [0.15, 0.2) is 36.5 Å². The predicted molar refractivity (Wildman–Crippen MR) is 276 cm³/mol. The molecule has 0 saturated heterocycles. The highest BCUT2D eigenvalue weighted by Crippen LogP contribution is 2.26. The molecule has 0 atom stereocenters. The van der Waals surface area contributed by atoms with Gasteiger partial charge in [0.1, 0.15) is 0 Å². The lowest BCUT2D eigenvalue weighted by Crippen LogP contribution is -1.93. The lowest BCUT2D eigenvalue weighted by molar-refractivity contribution is -0.138. The predicted octanol–water partition coefficient (Wildman–Crippen LogP) is 17.4. The molecule has 10 nitrogen and oxygen atoms in total. The third kappa shape index (κ3) is 92.8. The maximum absolute atomic E-state index is 10.3. The topological polar surface area (TPSA) is 190 Å². The van der Waals surface area contributed by atoms with Crippen molar-refractivity contribution in [3.63, 3.8) is 0 Å². The van der Waals surface area contributed by atoms with Crippen molar-refractivity contribution in [3.8, 4) is 0 Å². The highest BCUT2D eigenvalue weighted by Gasteiger charge is 2.01. The summed E-state index contributed by atoms with van der Waals surface area (Å²) in [5.41, 5.74) is 0. The van der Waals surface area contributed by atoms with Gasteiger partial charge in [0.2, 0.25) is 0 Å². The van der Waals surface area contributed by atoms with Gasteiger partial charge in [-0.15, -0.1) is 0 Å². The summed E-state index contributed by atoms with van der Waals surface area (Å²) in [6.45, 7) is 6.78. The number of hydrogen-bond donors (Lipinski definition) is 6. The smallest absolute Gasteiger partial charge is 0.466 e. The van der Waals surface area contributed by atoms with Gasteiger partial charge in [0.25, 0.3) is 0 Å². The van der Waals surface area contributed by atoms with Crippen LogP contribution < -0.4 is 0 Å². The Morgan fingerprint density at radius 1 is 0.292 bits per heavy atom. The number of carbonyl (C=O) groups is 3. The van der Waals surface area contributed by atoms with Gasteiger partial charge in [0.05, 0.1) is 0 Å². The van der Waals surface area contributed by atoms with Crippen LogP contribution in [0.4, 0.5) is 0 Å². The second kappa shape index (κ2) is 61.7. The number of carboxylic acid groups (broad SMARTS) is 3. The van der Waals surface area contributed by atoms with Crippen molar-refractivity contribution in [3.05, 3.63) is 36.5 Å². The summed E-state index contributed by atoms with van der Waals surface area (Å²) in [7, 11) is -4.64. The molecule has 0 radical (unpaired) electrons. The van der Waals surface area contributed by atoms with Gasteiger partial charge in [0, 0.05) is 19.3 Å². The molecule has 0 rings (SSSR count). The summed E-state index contributed by atoms with van der Waals surface area (Å²) in [4.78, 5) is 52.5. The maximum Gasteiger partial charge on any atom is 0.466 e. The lowest BCUT2D eigenvalue weighted by Gasteiger charge is -1.99. The molecule has 0 heterocycles. The summed E-state index contributed by atoms with van der Waals surface area (Å²) in [6.07, 6.45) is 63.7. The summed E-state index contributed by atoms with van der Waals surface area (Å²) in [5.74, 6) is -1.99. The fourth-order valence-electron chi connectivity index (χ4n) is 7.04. The van der Waals surface area contributed by atoms with Gasteiger partial charge in [-0.1, -0.05) is 211 Å². The van der Waals surface area contributed by atoms with Gasteiger partial charge < -0.3 is 30.0 Å². The standard InChI is InChI=1S/3C18H34O2.H3O4P/c3*1-2-3-4-5-6-7-8-9-10-11-12-13-14-15-16-17-18(19)20;1-5(2,3)4/h3*9-10H,2-8,11-17H2,1H3,(H,19,20);(H3,1,2,3,4)/b3*10-9-;. The molecule has 0 amide bonds. The van der Waals surface area contributed by atoms with E-state index in [-0.39, 0.29) is 0 Å². The zero-order valence-corrected chi connectivity index (χ0v) is 43.3. The van der Waals surface area contributed by atoms with Crippen molar-refractivity contribution >= 4 is 25.7 Å². The Hall–Kier alpha value is -2.26. The number of hydrogen-bond acceptors (Lipinski definition) is 4. The summed E-state index contributed by atoms with van der Waals surface area (Å²) < 4.78 is 8.88. The molecule has 0 aliphatic carbocycles. The minimum atomic E-state index is -4.64. The van der Waals surface area contributed by atoms with Crippen LogP contribution in [-0.2, 0) is 18.9 Å². The number of unbranched alkanes of at least 4 members (excludes halogenated alkanes) is 33. The van der Waals surface area contributed by atoms with Crippen molar-refractivity contribution < 1.29 is 48.9 Å². The third-order valence-electron chi connectivity index (χ3n) is 11.0. The molecule has 0 spiro atoms. The van der Waals surface area contributed by atoms with Gasteiger partial charge in [-0.05, 0) is 96.3 Å². The number of aliphatic carboxylic acids is 3. The highest BCUT2D eigenvalue weighted by atomic mass is 31.2. The molecule has 11 heteroatoms. The van der Waals surface area contributed by atoms with Gasteiger partial charge in [0.15, 0.2) is 0 Å². The van der Waals surface area contributed by atoms with E-state index in [4.69, 9.17) is 34.6 Å². The molecule has 0 unspecified atom stereocenters. The van der Waals surface area contributed by atoms with Crippen LogP contribution >= 0.6 is 7.82 Å². The van der Waals surface area contributed by atoms with Crippen LogP contribution in [-0.4, -0.2) is 47.9 Å². The van der Waals surface area contributed by atoms with Crippen LogP contribution in [0.5, 0.6) is 0 Å². The average molecular weight is 945 g/mol. The van der Waals surface area contributed by atoms with Crippen LogP contribution in [0.3, 0.4) is 0 Å². The Labute approximate surface area is 400 Å².